The van der Waals surface area contributed by atoms with Crippen molar-refractivity contribution >= 4 is 19.9 Å². The lowest BCUT2D eigenvalue weighted by Crippen LogP contribution is -2.39. The van der Waals surface area contributed by atoms with E-state index in [0.717, 1.165) is 11.1 Å². The van der Waals surface area contributed by atoms with Crippen LogP contribution >= 0.6 is 0 Å². The average molecular weight is 424 g/mol. The number of hydrogen-bond donors (Lipinski definition) is 0. The van der Waals surface area contributed by atoms with Gasteiger partial charge in [-0.25, -0.2) is 16.8 Å². The minimum absolute atomic E-state index is 0.173. The first-order chi connectivity index (χ1) is 13.2. The molecule has 2 aromatic carbocycles. The fraction of sp³-hybridized carbons (Fsp3) is 0.400. The van der Waals surface area contributed by atoms with Crippen LogP contribution in [0.25, 0.3) is 0 Å². The lowest BCUT2D eigenvalue weighted by Gasteiger charge is -2.24. The van der Waals surface area contributed by atoms with Gasteiger partial charge in [0.15, 0.2) is 9.84 Å². The van der Waals surface area contributed by atoms with E-state index in [1.54, 1.807) is 63.4 Å². The summed E-state index contributed by atoms with van der Waals surface area (Å²) in [4.78, 5) is 0.391. The van der Waals surface area contributed by atoms with Gasteiger partial charge in [-0.1, -0.05) is 18.2 Å². The molecule has 0 aromatic heterocycles. The van der Waals surface area contributed by atoms with Crippen molar-refractivity contribution in [2.75, 3.05) is 19.4 Å². The summed E-state index contributed by atoms with van der Waals surface area (Å²) < 4.78 is 58.7. The van der Waals surface area contributed by atoms with Crippen LogP contribution in [0.3, 0.4) is 0 Å². The zero-order valence-electron chi connectivity index (χ0n) is 16.3. The largest absolute Gasteiger partial charge is 0.496 e. The average Bonchev–Trinajstić information content (AvgIpc) is 3.10. The fourth-order valence-corrected chi connectivity index (χ4v) is 7.36. The van der Waals surface area contributed by atoms with E-state index in [0.29, 0.717) is 25.1 Å². The van der Waals surface area contributed by atoms with E-state index >= 15 is 0 Å². The first kappa shape index (κ1) is 20.8. The Balaban J connectivity index is 1.92. The topological polar surface area (TPSA) is 80.8 Å². The van der Waals surface area contributed by atoms with Crippen molar-refractivity contribution in [1.29, 1.82) is 0 Å². The molecule has 8 heteroatoms. The van der Waals surface area contributed by atoms with E-state index in [-0.39, 0.29) is 15.5 Å². The van der Waals surface area contributed by atoms with E-state index in [4.69, 9.17) is 4.74 Å². The quantitative estimate of drug-likeness (QED) is 0.714. The highest BCUT2D eigenvalue weighted by atomic mass is 32.2. The summed E-state index contributed by atoms with van der Waals surface area (Å²) in [6, 6.07) is 10.8. The molecule has 1 aliphatic rings. The summed E-state index contributed by atoms with van der Waals surface area (Å²) in [7, 11) is -5.82. The van der Waals surface area contributed by atoms with E-state index < -0.39 is 25.9 Å². The Labute approximate surface area is 167 Å². The number of nitrogens with zero attached hydrogens (tertiary/aromatic N) is 1. The number of sulfonamides is 1. The van der Waals surface area contributed by atoms with Crippen LogP contribution in [0.5, 0.6) is 5.75 Å². The van der Waals surface area contributed by atoms with Crippen LogP contribution in [-0.4, -0.2) is 46.6 Å². The Morgan fingerprint density at radius 2 is 1.61 bits per heavy atom. The van der Waals surface area contributed by atoms with Crippen molar-refractivity contribution in [3.63, 3.8) is 0 Å². The third-order valence-electron chi connectivity index (χ3n) is 5.08. The highest BCUT2D eigenvalue weighted by molar-refractivity contribution is 7.91. The molecule has 1 heterocycles. The predicted octanol–water partition coefficient (Wildman–Crippen LogP) is 2.94. The molecule has 28 heavy (non-hydrogen) atoms. The maximum atomic E-state index is 13.3. The van der Waals surface area contributed by atoms with Gasteiger partial charge in [0.25, 0.3) is 0 Å². The van der Waals surface area contributed by atoms with Gasteiger partial charge < -0.3 is 4.74 Å². The molecule has 3 rings (SSSR count). The van der Waals surface area contributed by atoms with Crippen LogP contribution < -0.4 is 4.74 Å². The van der Waals surface area contributed by atoms with Crippen molar-refractivity contribution < 1.29 is 21.6 Å². The van der Waals surface area contributed by atoms with Crippen LogP contribution in [0, 0.1) is 13.8 Å². The summed E-state index contributed by atoms with van der Waals surface area (Å²) >= 11 is 0. The molecule has 6 nitrogen and oxygen atoms in total. The summed E-state index contributed by atoms with van der Waals surface area (Å²) in [5.41, 5.74) is 1.46. The summed E-state index contributed by atoms with van der Waals surface area (Å²) in [6.45, 7) is 3.92. The second kappa shape index (κ2) is 7.85. The molecule has 2 aromatic rings. The number of sulfone groups is 1. The highest BCUT2D eigenvalue weighted by Crippen LogP contribution is 2.32. The first-order valence-corrected chi connectivity index (χ1v) is 12.2. The van der Waals surface area contributed by atoms with E-state index in [2.05, 4.69) is 0 Å². The van der Waals surface area contributed by atoms with E-state index in [9.17, 15) is 16.8 Å². The smallest absolute Gasteiger partial charge is 0.243 e. The van der Waals surface area contributed by atoms with Crippen LogP contribution in [0.15, 0.2) is 52.3 Å². The number of benzene rings is 2. The van der Waals surface area contributed by atoms with Crippen molar-refractivity contribution in [3.05, 3.63) is 53.6 Å². The van der Waals surface area contributed by atoms with Crippen molar-refractivity contribution in [3.8, 4) is 5.75 Å². The molecule has 0 bridgehead atoms. The van der Waals surface area contributed by atoms with E-state index in [1.807, 2.05) is 0 Å². The van der Waals surface area contributed by atoms with Crippen molar-refractivity contribution in [1.82, 2.24) is 4.31 Å². The molecular weight excluding hydrogens is 398 g/mol. The zero-order valence-corrected chi connectivity index (χ0v) is 17.9. The lowest BCUT2D eigenvalue weighted by atomic mass is 10.1. The number of methoxy groups -OCH3 is 1. The minimum atomic E-state index is -3.80. The molecular formula is C20H25NO5S2. The van der Waals surface area contributed by atoms with Gasteiger partial charge in [-0.2, -0.15) is 4.31 Å². The van der Waals surface area contributed by atoms with Gasteiger partial charge in [0.1, 0.15) is 5.75 Å². The Morgan fingerprint density at radius 1 is 1.00 bits per heavy atom. The first-order valence-electron chi connectivity index (χ1n) is 9.11. The molecule has 1 fully saturated rings. The Bertz CT molecular complexity index is 1040. The predicted molar refractivity (Wildman–Crippen MR) is 108 cm³/mol. The van der Waals surface area contributed by atoms with Crippen LogP contribution in [0.2, 0.25) is 0 Å². The number of hydrogen-bond acceptors (Lipinski definition) is 5. The Kier molecular flexibility index (Phi) is 5.84. The van der Waals surface area contributed by atoms with E-state index in [1.165, 1.54) is 4.31 Å². The van der Waals surface area contributed by atoms with Gasteiger partial charge in [0, 0.05) is 12.6 Å². The summed E-state index contributed by atoms with van der Waals surface area (Å²) in [5.74, 6) is 0.438. The van der Waals surface area contributed by atoms with Gasteiger partial charge in [-0.05, 0) is 62.1 Å². The maximum absolute atomic E-state index is 13.3. The molecule has 0 aliphatic carbocycles. The minimum Gasteiger partial charge on any atom is -0.496 e. The fourth-order valence-electron chi connectivity index (χ4n) is 3.79. The molecule has 1 saturated heterocycles. The SMILES string of the molecule is COc1c(C)cc(S(=O)(=O)N2CCCC2CS(=O)(=O)c2ccccc2)cc1C. The lowest BCUT2D eigenvalue weighted by molar-refractivity contribution is 0.404. The molecule has 0 amide bonds. The Morgan fingerprint density at radius 3 is 2.18 bits per heavy atom. The summed E-state index contributed by atoms with van der Waals surface area (Å²) in [5, 5.41) is 0. The molecule has 0 N–H and O–H groups in total. The van der Waals surface area contributed by atoms with Gasteiger partial charge in [-0.15, -0.1) is 0 Å². The molecule has 0 spiro atoms. The molecule has 0 radical (unpaired) electrons. The molecule has 0 saturated carbocycles. The van der Waals surface area contributed by atoms with Crippen LogP contribution in [0.1, 0.15) is 24.0 Å². The molecule has 1 atom stereocenters. The summed E-state index contributed by atoms with van der Waals surface area (Å²) in [6.07, 6.45) is 1.17. The monoisotopic (exact) mass is 423 g/mol. The van der Waals surface area contributed by atoms with Gasteiger partial charge >= 0.3 is 0 Å². The van der Waals surface area contributed by atoms with Crippen LogP contribution in [-0.2, 0) is 19.9 Å². The highest BCUT2D eigenvalue weighted by Gasteiger charge is 2.38. The number of ether oxygens (including phenoxy) is 1. The van der Waals surface area contributed by atoms with Gasteiger partial charge in [-0.3, -0.25) is 0 Å². The number of rotatable bonds is 6. The normalized spacial score (nSPS) is 18.3. The zero-order chi connectivity index (χ0) is 20.5. The second-order valence-corrected chi connectivity index (χ2v) is 11.0. The third kappa shape index (κ3) is 3.94. The maximum Gasteiger partial charge on any atom is 0.243 e. The Hall–Kier alpha value is -1.90. The van der Waals surface area contributed by atoms with Gasteiger partial charge in [0.2, 0.25) is 10.0 Å². The molecule has 1 aliphatic heterocycles. The third-order valence-corrected chi connectivity index (χ3v) is 8.83. The number of aryl methyl sites for hydroxylation is 2. The van der Waals surface area contributed by atoms with Crippen molar-refractivity contribution in [2.45, 2.75) is 42.5 Å². The second-order valence-electron chi connectivity index (χ2n) is 7.10. The standard InChI is InChI=1S/C20H25NO5S2/c1-15-12-19(13-16(2)20(15)26-3)28(24,25)21-11-7-8-17(21)14-27(22,23)18-9-5-4-6-10-18/h4-6,9-10,12-13,17H,7-8,11,14H2,1-3H3. The molecule has 152 valence electrons. The van der Waals surface area contributed by atoms with Crippen molar-refractivity contribution in [2.24, 2.45) is 0 Å². The van der Waals surface area contributed by atoms with Gasteiger partial charge in [0.05, 0.1) is 22.7 Å². The van der Waals surface area contributed by atoms with Crippen LogP contribution in [0.4, 0.5) is 0 Å². The molecule has 1 unspecified atom stereocenters.